The Hall–Kier alpha value is -2.40. The number of nitrogens with one attached hydrogen (secondary N) is 1. The zero-order valence-electron chi connectivity index (χ0n) is 14.7. The summed E-state index contributed by atoms with van der Waals surface area (Å²) in [4.78, 5) is 16.4. The minimum absolute atomic E-state index is 0.136. The second-order valence-electron chi connectivity index (χ2n) is 6.52. The summed E-state index contributed by atoms with van der Waals surface area (Å²) < 4.78 is 11.4. The summed E-state index contributed by atoms with van der Waals surface area (Å²) in [5, 5.41) is 2.94. The Balaban J connectivity index is 1.62. The third kappa shape index (κ3) is 4.79. The van der Waals surface area contributed by atoms with Gasteiger partial charge in [-0.15, -0.1) is 0 Å². The lowest BCUT2D eigenvalue weighted by Crippen LogP contribution is -2.23. The molecule has 0 unspecified atom stereocenters. The molecule has 0 aliphatic carbocycles. The summed E-state index contributed by atoms with van der Waals surface area (Å²) in [6.07, 6.45) is 2.63. The van der Waals surface area contributed by atoms with E-state index in [1.807, 2.05) is 38.1 Å². The number of aryl methyl sites for hydroxylation is 2. The Morgan fingerprint density at radius 2 is 2.20 bits per heavy atom. The van der Waals surface area contributed by atoms with E-state index in [-0.39, 0.29) is 5.91 Å². The van der Waals surface area contributed by atoms with E-state index in [9.17, 15) is 4.79 Å². The van der Waals surface area contributed by atoms with Gasteiger partial charge in [-0.2, -0.15) is 0 Å². The number of carbonyl (C=O) groups is 1. The molecule has 1 N–H and O–H groups in total. The van der Waals surface area contributed by atoms with Crippen molar-refractivity contribution in [3.8, 4) is 5.75 Å². The van der Waals surface area contributed by atoms with Crippen molar-refractivity contribution in [2.24, 2.45) is 5.92 Å². The van der Waals surface area contributed by atoms with Crippen LogP contribution in [0.4, 0.5) is 0 Å². The second-order valence-corrected chi connectivity index (χ2v) is 6.52. The standard InChI is InChI=1S/C20H24N2O3/c1-14-3-5-17(19(9-14)25-13-16-7-8-24-12-16)10-22-20(23)18-6-4-15(2)21-11-18/h3-6,9,11,16H,7-8,10,12-13H2,1-2H3,(H,22,23)/t16-/m1/s1. The van der Waals surface area contributed by atoms with Gasteiger partial charge in [0.1, 0.15) is 5.75 Å². The average Bonchev–Trinajstić information content (AvgIpc) is 3.13. The van der Waals surface area contributed by atoms with Crippen molar-refractivity contribution in [3.63, 3.8) is 0 Å². The lowest BCUT2D eigenvalue weighted by Gasteiger charge is -2.15. The molecule has 1 aliphatic heterocycles. The molecular formula is C20H24N2O3. The van der Waals surface area contributed by atoms with Crippen LogP contribution in [0.2, 0.25) is 0 Å². The fourth-order valence-electron chi connectivity index (χ4n) is 2.74. The monoisotopic (exact) mass is 340 g/mol. The number of amides is 1. The maximum absolute atomic E-state index is 12.3. The average molecular weight is 340 g/mol. The van der Waals surface area contributed by atoms with Gasteiger partial charge in [0.25, 0.3) is 5.91 Å². The normalized spacial score (nSPS) is 16.6. The molecule has 1 aliphatic rings. The van der Waals surface area contributed by atoms with Gasteiger partial charge in [0.2, 0.25) is 0 Å². The third-order valence-corrected chi connectivity index (χ3v) is 4.33. The smallest absolute Gasteiger partial charge is 0.253 e. The van der Waals surface area contributed by atoms with Gasteiger partial charge in [-0.1, -0.05) is 12.1 Å². The van der Waals surface area contributed by atoms with E-state index >= 15 is 0 Å². The third-order valence-electron chi connectivity index (χ3n) is 4.33. The number of aromatic nitrogens is 1. The maximum Gasteiger partial charge on any atom is 0.253 e. The second kappa shape index (κ2) is 8.12. The number of nitrogens with zero attached hydrogens (tertiary/aromatic N) is 1. The van der Waals surface area contributed by atoms with Gasteiger partial charge in [-0.05, 0) is 44.0 Å². The first kappa shape index (κ1) is 17.4. The van der Waals surface area contributed by atoms with Crippen LogP contribution >= 0.6 is 0 Å². The molecule has 0 spiro atoms. The van der Waals surface area contributed by atoms with Crippen LogP contribution in [0.5, 0.6) is 5.75 Å². The molecule has 1 aromatic carbocycles. The van der Waals surface area contributed by atoms with Gasteiger partial charge < -0.3 is 14.8 Å². The van der Waals surface area contributed by atoms with Gasteiger partial charge in [0.05, 0.1) is 18.8 Å². The summed E-state index contributed by atoms with van der Waals surface area (Å²) in [5.74, 6) is 1.14. The molecule has 1 atom stereocenters. The van der Waals surface area contributed by atoms with E-state index in [0.29, 0.717) is 24.6 Å². The van der Waals surface area contributed by atoms with E-state index in [4.69, 9.17) is 9.47 Å². The number of benzene rings is 1. The van der Waals surface area contributed by atoms with Crippen LogP contribution in [0.3, 0.4) is 0 Å². The summed E-state index contributed by atoms with van der Waals surface area (Å²) in [6.45, 7) is 6.57. The van der Waals surface area contributed by atoms with Gasteiger partial charge in [0.15, 0.2) is 0 Å². The minimum Gasteiger partial charge on any atom is -0.493 e. The highest BCUT2D eigenvalue weighted by Crippen LogP contribution is 2.22. The molecule has 2 heterocycles. The van der Waals surface area contributed by atoms with Crippen molar-refractivity contribution in [3.05, 3.63) is 58.9 Å². The Morgan fingerprint density at radius 1 is 1.32 bits per heavy atom. The molecule has 1 aromatic heterocycles. The molecule has 0 saturated carbocycles. The molecule has 1 amide bonds. The zero-order chi connectivity index (χ0) is 17.6. The van der Waals surface area contributed by atoms with Crippen LogP contribution in [0, 0.1) is 19.8 Å². The molecule has 2 aromatic rings. The molecule has 0 radical (unpaired) electrons. The number of carbonyl (C=O) groups excluding carboxylic acids is 1. The Labute approximate surface area is 148 Å². The van der Waals surface area contributed by atoms with E-state index in [1.54, 1.807) is 12.3 Å². The number of pyridine rings is 1. The molecule has 3 rings (SSSR count). The molecule has 1 fully saturated rings. The first-order chi connectivity index (χ1) is 12.1. The van der Waals surface area contributed by atoms with Crippen molar-refractivity contribution in [1.82, 2.24) is 10.3 Å². The first-order valence-corrected chi connectivity index (χ1v) is 8.63. The Bertz CT molecular complexity index is 722. The summed E-state index contributed by atoms with van der Waals surface area (Å²) in [5.41, 5.74) is 3.55. The van der Waals surface area contributed by atoms with E-state index in [2.05, 4.69) is 10.3 Å². The van der Waals surface area contributed by atoms with Crippen molar-refractivity contribution in [2.45, 2.75) is 26.8 Å². The van der Waals surface area contributed by atoms with Crippen molar-refractivity contribution in [1.29, 1.82) is 0 Å². The fraction of sp³-hybridized carbons (Fsp3) is 0.400. The van der Waals surface area contributed by atoms with Crippen LogP contribution in [0.1, 0.15) is 33.6 Å². The SMILES string of the molecule is Cc1ccc(CNC(=O)c2ccc(C)nc2)c(OC[C@@H]2CCOC2)c1. The quantitative estimate of drug-likeness (QED) is 0.878. The molecular weight excluding hydrogens is 316 g/mol. The molecule has 132 valence electrons. The first-order valence-electron chi connectivity index (χ1n) is 8.63. The van der Waals surface area contributed by atoms with Crippen LogP contribution < -0.4 is 10.1 Å². The zero-order valence-corrected chi connectivity index (χ0v) is 14.7. The van der Waals surface area contributed by atoms with Gasteiger partial charge in [0, 0.05) is 36.5 Å². The van der Waals surface area contributed by atoms with Gasteiger partial charge in [-0.3, -0.25) is 9.78 Å². The number of ether oxygens (including phenoxy) is 2. The Morgan fingerprint density at radius 3 is 2.92 bits per heavy atom. The van der Waals surface area contributed by atoms with Crippen LogP contribution in [0.15, 0.2) is 36.5 Å². The van der Waals surface area contributed by atoms with E-state index in [1.165, 1.54) is 0 Å². The van der Waals surface area contributed by atoms with Crippen molar-refractivity contribution >= 4 is 5.91 Å². The predicted molar refractivity (Wildman–Crippen MR) is 95.7 cm³/mol. The maximum atomic E-state index is 12.3. The van der Waals surface area contributed by atoms with Gasteiger partial charge in [-0.25, -0.2) is 0 Å². The van der Waals surface area contributed by atoms with E-state index in [0.717, 1.165) is 42.2 Å². The highest BCUT2D eigenvalue weighted by Gasteiger charge is 2.17. The lowest BCUT2D eigenvalue weighted by atomic mass is 10.1. The molecule has 0 bridgehead atoms. The summed E-state index contributed by atoms with van der Waals surface area (Å²) in [7, 11) is 0. The number of hydrogen-bond donors (Lipinski definition) is 1. The molecule has 5 heteroatoms. The minimum atomic E-state index is -0.136. The number of rotatable bonds is 6. The van der Waals surface area contributed by atoms with E-state index < -0.39 is 0 Å². The van der Waals surface area contributed by atoms with Crippen molar-refractivity contribution < 1.29 is 14.3 Å². The lowest BCUT2D eigenvalue weighted by molar-refractivity contribution is 0.0950. The fourth-order valence-corrected chi connectivity index (χ4v) is 2.74. The molecule has 5 nitrogen and oxygen atoms in total. The molecule has 25 heavy (non-hydrogen) atoms. The largest absolute Gasteiger partial charge is 0.493 e. The van der Waals surface area contributed by atoms with Crippen molar-refractivity contribution in [2.75, 3.05) is 19.8 Å². The Kier molecular flexibility index (Phi) is 5.66. The highest BCUT2D eigenvalue weighted by molar-refractivity contribution is 5.93. The number of hydrogen-bond acceptors (Lipinski definition) is 4. The summed E-state index contributed by atoms with van der Waals surface area (Å²) in [6, 6.07) is 9.66. The van der Waals surface area contributed by atoms with Gasteiger partial charge >= 0.3 is 0 Å². The summed E-state index contributed by atoms with van der Waals surface area (Å²) >= 11 is 0. The topological polar surface area (TPSA) is 60.5 Å². The van der Waals surface area contributed by atoms with Crippen LogP contribution in [-0.4, -0.2) is 30.7 Å². The van der Waals surface area contributed by atoms with Crippen LogP contribution in [-0.2, 0) is 11.3 Å². The van der Waals surface area contributed by atoms with Crippen LogP contribution in [0.25, 0.3) is 0 Å². The highest BCUT2D eigenvalue weighted by atomic mass is 16.5. The predicted octanol–water partition coefficient (Wildman–Crippen LogP) is 3.04. The molecule has 1 saturated heterocycles.